The molecule has 136 valence electrons. The molecule has 1 aliphatic heterocycles. The van der Waals surface area contributed by atoms with Gasteiger partial charge in [0.25, 0.3) is 0 Å². The van der Waals surface area contributed by atoms with Crippen molar-refractivity contribution < 1.29 is 19.5 Å². The first-order valence-electron chi connectivity index (χ1n) is 8.56. The second-order valence-electron chi connectivity index (χ2n) is 6.60. The van der Waals surface area contributed by atoms with Crippen molar-refractivity contribution in [1.82, 2.24) is 4.90 Å². The number of nitrogens with zero attached hydrogens (tertiary/aromatic N) is 1. The third kappa shape index (κ3) is 3.70. The summed E-state index contributed by atoms with van der Waals surface area (Å²) in [6.45, 7) is 4.12. The number of aliphatic carboxylic acids is 1. The van der Waals surface area contributed by atoms with E-state index in [2.05, 4.69) is 0 Å². The summed E-state index contributed by atoms with van der Waals surface area (Å²) in [5.74, 6) is -1.36. The quantitative estimate of drug-likeness (QED) is 0.818. The summed E-state index contributed by atoms with van der Waals surface area (Å²) in [4.78, 5) is 40.1. The van der Waals surface area contributed by atoms with Crippen LogP contribution >= 0.6 is 11.3 Å². The van der Waals surface area contributed by atoms with E-state index in [1.54, 1.807) is 11.3 Å². The molecule has 0 aliphatic carbocycles. The number of thiophene rings is 1. The van der Waals surface area contributed by atoms with Crippen molar-refractivity contribution in [3.05, 3.63) is 56.8 Å². The number of rotatable bonds is 5. The molecule has 0 radical (unpaired) electrons. The highest BCUT2D eigenvalue weighted by Crippen LogP contribution is 2.26. The van der Waals surface area contributed by atoms with Crippen LogP contribution in [0.5, 0.6) is 0 Å². The smallest absolute Gasteiger partial charge is 0.326 e. The Hall–Kier alpha value is -2.47. The number of hydrogen-bond acceptors (Lipinski definition) is 4. The number of amides is 1. The molecule has 1 atom stereocenters. The van der Waals surface area contributed by atoms with Crippen LogP contribution in [0.4, 0.5) is 0 Å². The molecule has 1 aromatic carbocycles. The van der Waals surface area contributed by atoms with Crippen molar-refractivity contribution in [2.24, 2.45) is 0 Å². The van der Waals surface area contributed by atoms with Gasteiger partial charge in [0.15, 0.2) is 5.78 Å². The van der Waals surface area contributed by atoms with Crippen LogP contribution in [-0.2, 0) is 22.6 Å². The van der Waals surface area contributed by atoms with Crippen molar-refractivity contribution in [1.29, 1.82) is 0 Å². The topological polar surface area (TPSA) is 74.7 Å². The van der Waals surface area contributed by atoms with E-state index in [0.29, 0.717) is 12.0 Å². The van der Waals surface area contributed by atoms with Crippen molar-refractivity contribution >= 4 is 29.0 Å². The molecule has 1 aromatic heterocycles. The zero-order valence-corrected chi connectivity index (χ0v) is 15.6. The van der Waals surface area contributed by atoms with Crippen LogP contribution in [0.25, 0.3) is 0 Å². The second-order valence-corrected chi connectivity index (χ2v) is 8.06. The Labute approximate surface area is 156 Å². The lowest BCUT2D eigenvalue weighted by Crippen LogP contribution is -2.48. The molecule has 1 N–H and O–H groups in total. The number of Topliss-reactive ketones (excluding diaryl/α,β-unsaturated/α-hetero) is 1. The number of carbonyl (C=O) groups is 3. The highest BCUT2D eigenvalue weighted by atomic mass is 32.1. The predicted octanol–water partition coefficient (Wildman–Crippen LogP) is 3.37. The van der Waals surface area contributed by atoms with Crippen molar-refractivity contribution in [2.75, 3.05) is 0 Å². The maximum atomic E-state index is 12.7. The summed E-state index contributed by atoms with van der Waals surface area (Å²) in [5, 5.41) is 9.52. The van der Waals surface area contributed by atoms with Crippen molar-refractivity contribution in [3.63, 3.8) is 0 Å². The minimum atomic E-state index is -1.01. The van der Waals surface area contributed by atoms with Crippen LogP contribution in [0.2, 0.25) is 0 Å². The van der Waals surface area contributed by atoms with E-state index in [1.165, 1.54) is 4.90 Å². The zero-order chi connectivity index (χ0) is 18.8. The lowest BCUT2D eigenvalue weighted by molar-refractivity contribution is -0.151. The minimum absolute atomic E-state index is 0.0269. The van der Waals surface area contributed by atoms with Crippen LogP contribution in [-0.4, -0.2) is 33.7 Å². The maximum absolute atomic E-state index is 12.7. The molecule has 0 saturated heterocycles. The highest BCUT2D eigenvalue weighted by molar-refractivity contribution is 7.12. The normalized spacial score (nSPS) is 16.2. The van der Waals surface area contributed by atoms with Crippen LogP contribution in [0.15, 0.2) is 30.3 Å². The molecule has 26 heavy (non-hydrogen) atoms. The molecule has 2 heterocycles. The standard InChI is InChI=1S/C20H21NO4S/c1-12-9-16(13(2)26-12)18(22)7-8-19(23)21-11-15-6-4-3-5-14(15)10-17(21)20(24)25/h3-6,9,17H,7-8,10-11H2,1-2H3,(H,24,25). The van der Waals surface area contributed by atoms with Gasteiger partial charge in [-0.1, -0.05) is 24.3 Å². The lowest BCUT2D eigenvalue weighted by Gasteiger charge is -2.34. The first-order chi connectivity index (χ1) is 12.4. The number of fused-ring (bicyclic) bond motifs is 1. The Morgan fingerprint density at radius 1 is 1.15 bits per heavy atom. The Morgan fingerprint density at radius 2 is 1.85 bits per heavy atom. The molecular formula is C20H21NO4S. The molecule has 0 fully saturated rings. The first kappa shape index (κ1) is 18.3. The number of hydrogen-bond donors (Lipinski definition) is 1. The average Bonchev–Trinajstić information content (AvgIpc) is 2.96. The molecule has 6 heteroatoms. The fourth-order valence-corrected chi connectivity index (χ4v) is 4.35. The Bertz CT molecular complexity index is 870. The van der Waals surface area contributed by atoms with E-state index in [4.69, 9.17) is 0 Å². The van der Waals surface area contributed by atoms with Crippen LogP contribution in [0, 0.1) is 13.8 Å². The van der Waals surface area contributed by atoms with Gasteiger partial charge in [-0.05, 0) is 31.0 Å². The van der Waals surface area contributed by atoms with Gasteiger partial charge in [-0.3, -0.25) is 9.59 Å². The fraction of sp³-hybridized carbons (Fsp3) is 0.350. The van der Waals surface area contributed by atoms with E-state index in [9.17, 15) is 19.5 Å². The van der Waals surface area contributed by atoms with Gasteiger partial charge in [0.2, 0.25) is 5.91 Å². The number of aryl methyl sites for hydroxylation is 2. The van der Waals surface area contributed by atoms with Crippen LogP contribution in [0.1, 0.15) is 44.1 Å². The number of carbonyl (C=O) groups excluding carboxylic acids is 2. The van der Waals surface area contributed by atoms with Gasteiger partial charge >= 0.3 is 5.97 Å². The average molecular weight is 371 g/mol. The van der Waals surface area contributed by atoms with Gasteiger partial charge in [-0.15, -0.1) is 11.3 Å². The van der Waals surface area contributed by atoms with E-state index in [0.717, 1.165) is 20.9 Å². The van der Waals surface area contributed by atoms with Gasteiger partial charge in [-0.25, -0.2) is 4.79 Å². The molecule has 0 spiro atoms. The SMILES string of the molecule is Cc1cc(C(=O)CCC(=O)N2Cc3ccccc3CC2C(=O)O)c(C)s1. The number of ketones is 1. The second kappa shape index (κ2) is 7.41. The number of carboxylic acid groups (broad SMARTS) is 1. The molecule has 5 nitrogen and oxygen atoms in total. The number of benzene rings is 1. The van der Waals surface area contributed by atoms with Gasteiger partial charge in [0, 0.05) is 41.1 Å². The van der Waals surface area contributed by atoms with E-state index in [-0.39, 0.29) is 31.1 Å². The molecule has 1 unspecified atom stereocenters. The number of carboxylic acids is 1. The summed E-state index contributed by atoms with van der Waals surface area (Å²) in [7, 11) is 0. The van der Waals surface area contributed by atoms with Crippen molar-refractivity contribution in [2.45, 2.75) is 45.7 Å². The van der Waals surface area contributed by atoms with Gasteiger partial charge in [0.1, 0.15) is 6.04 Å². The summed E-state index contributed by atoms with van der Waals surface area (Å²) in [5.41, 5.74) is 2.59. The predicted molar refractivity (Wildman–Crippen MR) is 99.5 cm³/mol. The Morgan fingerprint density at radius 3 is 2.46 bits per heavy atom. The summed E-state index contributed by atoms with van der Waals surface area (Å²) in [6, 6.07) is 8.54. The zero-order valence-electron chi connectivity index (χ0n) is 14.8. The third-order valence-corrected chi connectivity index (χ3v) is 5.73. The first-order valence-corrected chi connectivity index (χ1v) is 9.37. The molecule has 1 aliphatic rings. The molecule has 3 rings (SSSR count). The van der Waals surface area contributed by atoms with E-state index < -0.39 is 12.0 Å². The van der Waals surface area contributed by atoms with E-state index >= 15 is 0 Å². The van der Waals surface area contributed by atoms with Crippen molar-refractivity contribution in [3.8, 4) is 0 Å². The molecule has 0 bridgehead atoms. The summed E-state index contributed by atoms with van der Waals surface area (Å²) < 4.78 is 0. The molecular weight excluding hydrogens is 350 g/mol. The monoisotopic (exact) mass is 371 g/mol. The van der Waals surface area contributed by atoms with E-state index in [1.807, 2.05) is 44.2 Å². The minimum Gasteiger partial charge on any atom is -0.480 e. The lowest BCUT2D eigenvalue weighted by atomic mass is 9.93. The Kier molecular flexibility index (Phi) is 5.23. The Balaban J connectivity index is 1.71. The third-order valence-electron chi connectivity index (χ3n) is 4.76. The van der Waals surface area contributed by atoms with Gasteiger partial charge < -0.3 is 10.0 Å². The largest absolute Gasteiger partial charge is 0.480 e. The highest BCUT2D eigenvalue weighted by Gasteiger charge is 2.34. The molecule has 2 aromatic rings. The van der Waals surface area contributed by atoms with Gasteiger partial charge in [0.05, 0.1) is 0 Å². The maximum Gasteiger partial charge on any atom is 0.326 e. The fourth-order valence-electron chi connectivity index (χ4n) is 3.41. The van der Waals surface area contributed by atoms with Gasteiger partial charge in [-0.2, -0.15) is 0 Å². The van der Waals surface area contributed by atoms with Crippen LogP contribution in [0.3, 0.4) is 0 Å². The van der Waals surface area contributed by atoms with Crippen LogP contribution < -0.4 is 0 Å². The summed E-state index contributed by atoms with van der Waals surface area (Å²) >= 11 is 1.56. The summed E-state index contributed by atoms with van der Waals surface area (Å²) in [6.07, 6.45) is 0.424. The molecule has 1 amide bonds. The molecule has 0 saturated carbocycles.